The lowest BCUT2D eigenvalue weighted by Gasteiger charge is -2.18. The van der Waals surface area contributed by atoms with Gasteiger partial charge >= 0.3 is 11.9 Å². The first-order valence-corrected chi connectivity index (χ1v) is 11.1. The van der Waals surface area contributed by atoms with Crippen LogP contribution in [0.4, 0.5) is 0 Å². The third kappa shape index (κ3) is 6.93. The van der Waals surface area contributed by atoms with Crippen molar-refractivity contribution >= 4 is 61.0 Å². The summed E-state index contributed by atoms with van der Waals surface area (Å²) in [5.74, 6) is -2.57. The summed E-state index contributed by atoms with van der Waals surface area (Å²) in [5.41, 5.74) is 0. The average Bonchev–Trinajstić information content (AvgIpc) is 2.75. The third-order valence-corrected chi connectivity index (χ3v) is 7.57. The highest BCUT2D eigenvalue weighted by Gasteiger charge is 2.27. The molecule has 150 valence electrons. The molecule has 2 N–H and O–H groups in total. The van der Waals surface area contributed by atoms with E-state index in [-0.39, 0.29) is 0 Å². The first kappa shape index (κ1) is 23.0. The van der Waals surface area contributed by atoms with E-state index in [4.69, 9.17) is 10.2 Å². The summed E-state index contributed by atoms with van der Waals surface area (Å²) >= 11 is 7.00. The molecule has 0 fully saturated rings. The van der Waals surface area contributed by atoms with Crippen LogP contribution in [0.1, 0.15) is 0 Å². The van der Waals surface area contributed by atoms with Gasteiger partial charge < -0.3 is 10.2 Å². The highest BCUT2D eigenvalue weighted by atomic mass is 32.1. The average molecular weight is 445 g/mol. The summed E-state index contributed by atoms with van der Waals surface area (Å²) in [6, 6.07) is 32.3. The van der Waals surface area contributed by atoms with E-state index in [0.717, 1.165) is 0 Å². The maximum atomic E-state index is 10.1. The van der Waals surface area contributed by atoms with Crippen molar-refractivity contribution in [3.05, 3.63) is 91.0 Å². The summed E-state index contributed by atoms with van der Waals surface area (Å²) in [4.78, 5) is 20.1. The van der Waals surface area contributed by atoms with Gasteiger partial charge in [0, 0.05) is 0 Å². The van der Waals surface area contributed by atoms with Crippen LogP contribution in [0.3, 0.4) is 0 Å². The van der Waals surface area contributed by atoms with Crippen LogP contribution in [0.25, 0.3) is 0 Å². The minimum Gasteiger partial charge on any atom is -0.480 e. The lowest BCUT2D eigenvalue weighted by atomic mass is 10.3. The van der Waals surface area contributed by atoms with E-state index in [9.17, 15) is 9.59 Å². The van der Waals surface area contributed by atoms with E-state index in [1.54, 1.807) is 0 Å². The molecule has 0 radical (unpaired) electrons. The Balaban J connectivity index is 0.000000257. The molecule has 29 heavy (non-hydrogen) atoms. The van der Waals surface area contributed by atoms with Gasteiger partial charge in [0.05, 0.1) is 0 Å². The van der Waals surface area contributed by atoms with Gasteiger partial charge in [-0.2, -0.15) is 25.3 Å². The molecule has 0 saturated heterocycles. The zero-order valence-corrected chi connectivity index (χ0v) is 18.1. The van der Waals surface area contributed by atoms with E-state index < -0.39 is 30.4 Å². The smallest absolute Gasteiger partial charge is 0.318 e. The van der Waals surface area contributed by atoms with Crippen molar-refractivity contribution in [3.63, 3.8) is 0 Å². The molecule has 0 spiro atoms. The molecule has 0 aliphatic carbocycles. The van der Waals surface area contributed by atoms with Crippen molar-refractivity contribution in [2.24, 2.45) is 0 Å². The Bertz CT molecular complexity index is 796. The number of carbonyl (C=O) groups is 2. The Kier molecular flexibility index (Phi) is 9.26. The molecule has 2 unspecified atom stereocenters. The largest absolute Gasteiger partial charge is 0.480 e. The van der Waals surface area contributed by atoms with Crippen molar-refractivity contribution in [2.45, 2.75) is 10.5 Å². The quantitative estimate of drug-likeness (QED) is 0.348. The Morgan fingerprint density at radius 3 is 1.03 bits per heavy atom. The number of carboxylic acid groups (broad SMARTS) is 2. The molecular formula is C22H21O4PS2. The predicted molar refractivity (Wildman–Crippen MR) is 126 cm³/mol. The number of hydrogen-bond donors (Lipinski definition) is 4. The number of benzene rings is 3. The Hall–Kier alpha value is -2.27. The number of rotatable bonds is 6. The Morgan fingerprint density at radius 1 is 0.586 bits per heavy atom. The minimum absolute atomic E-state index is 0.446. The second-order valence-corrected chi connectivity index (χ2v) is 9.24. The molecule has 0 saturated carbocycles. The van der Waals surface area contributed by atoms with Crippen LogP contribution < -0.4 is 15.9 Å². The molecule has 0 aliphatic rings. The molecule has 0 bridgehead atoms. The predicted octanol–water partition coefficient (Wildman–Crippen LogP) is 3.20. The highest BCUT2D eigenvalue weighted by Crippen LogP contribution is 2.32. The lowest BCUT2D eigenvalue weighted by molar-refractivity contribution is -0.142. The number of hydrogen-bond acceptors (Lipinski definition) is 4. The van der Waals surface area contributed by atoms with Crippen molar-refractivity contribution in [1.82, 2.24) is 0 Å². The van der Waals surface area contributed by atoms with Gasteiger partial charge in [-0.25, -0.2) is 0 Å². The maximum absolute atomic E-state index is 10.1. The lowest BCUT2D eigenvalue weighted by Crippen LogP contribution is -2.31. The molecule has 2 atom stereocenters. The fourth-order valence-electron chi connectivity index (χ4n) is 2.45. The summed E-state index contributed by atoms with van der Waals surface area (Å²) in [6.45, 7) is 0. The SMILES string of the molecule is O=C(O)C(S)C(S)C(=O)O.c1ccc(P(c2ccccc2)c2ccccc2)cc1. The van der Waals surface area contributed by atoms with Crippen LogP contribution in [0, 0.1) is 0 Å². The van der Waals surface area contributed by atoms with Crippen LogP contribution in [0.5, 0.6) is 0 Å². The van der Waals surface area contributed by atoms with Crippen molar-refractivity contribution in [2.75, 3.05) is 0 Å². The molecule has 0 heterocycles. The zero-order chi connectivity index (χ0) is 21.2. The van der Waals surface area contributed by atoms with Gasteiger partial charge in [-0.3, -0.25) is 9.59 Å². The normalized spacial score (nSPS) is 12.4. The van der Waals surface area contributed by atoms with Gasteiger partial charge in [0.2, 0.25) is 0 Å². The van der Waals surface area contributed by atoms with Gasteiger partial charge in [0.25, 0.3) is 0 Å². The van der Waals surface area contributed by atoms with E-state index in [1.165, 1.54) is 15.9 Å². The van der Waals surface area contributed by atoms with Crippen LogP contribution >= 0.6 is 33.2 Å². The van der Waals surface area contributed by atoms with Crippen molar-refractivity contribution in [3.8, 4) is 0 Å². The second kappa shape index (κ2) is 11.7. The van der Waals surface area contributed by atoms with Crippen molar-refractivity contribution in [1.29, 1.82) is 0 Å². The molecule has 3 aromatic rings. The molecule has 3 aromatic carbocycles. The van der Waals surface area contributed by atoms with Gasteiger partial charge in [0.1, 0.15) is 10.5 Å². The molecule has 3 rings (SSSR count). The molecule has 7 heteroatoms. The summed E-state index contributed by atoms with van der Waals surface area (Å²) in [7, 11) is -0.446. The van der Waals surface area contributed by atoms with Crippen molar-refractivity contribution < 1.29 is 19.8 Å². The molecule has 0 aliphatic heterocycles. The van der Waals surface area contributed by atoms with E-state index in [0.29, 0.717) is 0 Å². The summed E-state index contributed by atoms with van der Waals surface area (Å²) < 4.78 is 0. The van der Waals surface area contributed by atoms with Crippen LogP contribution in [-0.2, 0) is 9.59 Å². The van der Waals surface area contributed by atoms with Gasteiger partial charge in [0.15, 0.2) is 0 Å². The van der Waals surface area contributed by atoms with Crippen LogP contribution in [0.15, 0.2) is 91.0 Å². The van der Waals surface area contributed by atoms with Crippen LogP contribution in [0.2, 0.25) is 0 Å². The molecule has 4 nitrogen and oxygen atoms in total. The fourth-order valence-corrected chi connectivity index (χ4v) is 5.01. The first-order chi connectivity index (χ1) is 13.9. The summed E-state index contributed by atoms with van der Waals surface area (Å²) in [5, 5.41) is 18.1. The molecule has 0 amide bonds. The monoisotopic (exact) mass is 444 g/mol. The maximum Gasteiger partial charge on any atom is 0.318 e. The number of thiol groups is 2. The van der Waals surface area contributed by atoms with Crippen LogP contribution in [-0.4, -0.2) is 32.7 Å². The van der Waals surface area contributed by atoms with E-state index in [2.05, 4.69) is 116 Å². The topological polar surface area (TPSA) is 74.6 Å². The molecular weight excluding hydrogens is 423 g/mol. The number of aliphatic carboxylic acids is 2. The standard InChI is InChI=1S/C18H15P.C4H6O4S2/c1-4-10-16(11-5-1)19(17-12-6-2-7-13-17)18-14-8-3-9-15-18;5-3(6)1(9)2(10)4(7)8/h1-15H;1-2,9-10H,(H,5,6)(H,7,8). The Morgan fingerprint density at radius 2 is 0.828 bits per heavy atom. The van der Waals surface area contributed by atoms with E-state index in [1.807, 2.05) is 0 Å². The van der Waals surface area contributed by atoms with Gasteiger partial charge in [-0.1, -0.05) is 91.0 Å². The highest BCUT2D eigenvalue weighted by molar-refractivity contribution is 7.86. The Labute approximate surface area is 182 Å². The van der Waals surface area contributed by atoms with E-state index >= 15 is 0 Å². The third-order valence-electron chi connectivity index (χ3n) is 3.85. The fraction of sp³-hybridized carbons (Fsp3) is 0.0909. The number of carboxylic acids is 2. The first-order valence-electron chi connectivity index (χ1n) is 8.69. The zero-order valence-electron chi connectivity index (χ0n) is 15.4. The minimum atomic E-state index is -1.29. The van der Waals surface area contributed by atoms with Gasteiger partial charge in [-0.05, 0) is 23.8 Å². The summed E-state index contributed by atoms with van der Waals surface area (Å²) in [6.07, 6.45) is 0. The second-order valence-electron chi connectivity index (χ2n) is 5.91. The molecule has 0 aromatic heterocycles. The van der Waals surface area contributed by atoms with Gasteiger partial charge in [-0.15, -0.1) is 0 Å².